The smallest absolute Gasteiger partial charge is 0.266 e. The fourth-order valence-corrected chi connectivity index (χ4v) is 3.62. The Morgan fingerprint density at radius 1 is 1.11 bits per heavy atom. The standard InChI is InChI=1S/C22H24N2O2S/c1-5-16-6-10-18(11-7-16)23-22-24(4)21(25)20(27-22)14-17-8-12-19(13-9-17)26-15(2)3/h6-15H,5H2,1-4H3/b20-14+,23-22?. The van der Waals surface area contributed by atoms with Crippen LogP contribution in [0.15, 0.2) is 58.4 Å². The number of rotatable bonds is 5. The average Bonchev–Trinajstić information content (AvgIpc) is 2.91. The molecule has 0 atom stereocenters. The summed E-state index contributed by atoms with van der Waals surface area (Å²) < 4.78 is 5.66. The lowest BCUT2D eigenvalue weighted by atomic mass is 10.2. The van der Waals surface area contributed by atoms with Crippen molar-refractivity contribution in [2.45, 2.75) is 33.3 Å². The zero-order valence-corrected chi connectivity index (χ0v) is 16.9. The van der Waals surface area contributed by atoms with Gasteiger partial charge >= 0.3 is 0 Å². The Morgan fingerprint density at radius 2 is 1.78 bits per heavy atom. The third-order valence-electron chi connectivity index (χ3n) is 4.12. The first kappa shape index (κ1) is 19.2. The number of hydrogen-bond acceptors (Lipinski definition) is 4. The zero-order valence-electron chi connectivity index (χ0n) is 16.1. The maximum absolute atomic E-state index is 12.6. The van der Waals surface area contributed by atoms with E-state index in [4.69, 9.17) is 4.74 Å². The van der Waals surface area contributed by atoms with Crippen molar-refractivity contribution in [3.05, 3.63) is 64.6 Å². The van der Waals surface area contributed by atoms with Crippen molar-refractivity contribution >= 4 is 34.6 Å². The molecule has 0 radical (unpaired) electrons. The van der Waals surface area contributed by atoms with Gasteiger partial charge in [-0.1, -0.05) is 31.2 Å². The van der Waals surface area contributed by atoms with Gasteiger partial charge in [-0.2, -0.15) is 0 Å². The van der Waals surface area contributed by atoms with Gasteiger partial charge in [-0.15, -0.1) is 0 Å². The Balaban J connectivity index is 1.78. The number of amidine groups is 1. The van der Waals surface area contributed by atoms with Gasteiger partial charge < -0.3 is 4.74 Å². The third kappa shape index (κ3) is 4.80. The molecule has 3 rings (SSSR count). The normalized spacial score (nSPS) is 17.4. The predicted molar refractivity (Wildman–Crippen MR) is 113 cm³/mol. The number of amides is 1. The van der Waals surface area contributed by atoms with Crippen LogP contribution in [0.4, 0.5) is 5.69 Å². The number of hydrogen-bond donors (Lipinski definition) is 0. The van der Waals surface area contributed by atoms with Crippen LogP contribution in [-0.2, 0) is 11.2 Å². The van der Waals surface area contributed by atoms with Crippen LogP contribution in [0.1, 0.15) is 31.9 Å². The number of aryl methyl sites for hydroxylation is 1. The Labute approximate surface area is 164 Å². The highest BCUT2D eigenvalue weighted by atomic mass is 32.2. The first-order valence-corrected chi connectivity index (χ1v) is 9.90. The number of thioether (sulfide) groups is 1. The van der Waals surface area contributed by atoms with E-state index < -0.39 is 0 Å². The van der Waals surface area contributed by atoms with E-state index in [-0.39, 0.29) is 12.0 Å². The highest BCUT2D eigenvalue weighted by Gasteiger charge is 2.30. The molecular weight excluding hydrogens is 356 g/mol. The quantitative estimate of drug-likeness (QED) is 0.664. The summed E-state index contributed by atoms with van der Waals surface area (Å²) in [6.07, 6.45) is 3.03. The van der Waals surface area contributed by atoms with Crippen molar-refractivity contribution in [1.29, 1.82) is 0 Å². The second-order valence-corrected chi connectivity index (χ2v) is 7.63. The lowest BCUT2D eigenvalue weighted by Gasteiger charge is -2.09. The maximum Gasteiger partial charge on any atom is 0.266 e. The Hall–Kier alpha value is -2.53. The van der Waals surface area contributed by atoms with E-state index in [0.717, 1.165) is 23.4 Å². The number of aliphatic imine (C=N–C) groups is 1. The molecular formula is C22H24N2O2S. The first-order chi connectivity index (χ1) is 13.0. The molecule has 0 saturated carbocycles. The van der Waals surface area contributed by atoms with Gasteiger partial charge in [0.15, 0.2) is 5.17 Å². The van der Waals surface area contributed by atoms with Crippen LogP contribution < -0.4 is 4.74 Å². The topological polar surface area (TPSA) is 41.9 Å². The molecule has 1 fully saturated rings. The molecule has 1 saturated heterocycles. The highest BCUT2D eigenvalue weighted by molar-refractivity contribution is 8.18. The van der Waals surface area contributed by atoms with Crippen molar-refractivity contribution in [1.82, 2.24) is 4.90 Å². The van der Waals surface area contributed by atoms with Gasteiger partial charge in [0.25, 0.3) is 5.91 Å². The maximum atomic E-state index is 12.6. The van der Waals surface area contributed by atoms with Crippen molar-refractivity contribution in [2.24, 2.45) is 4.99 Å². The molecule has 0 unspecified atom stereocenters. The van der Waals surface area contributed by atoms with Crippen molar-refractivity contribution in [3.8, 4) is 5.75 Å². The minimum atomic E-state index is -0.0357. The van der Waals surface area contributed by atoms with E-state index in [1.807, 2.05) is 56.3 Å². The summed E-state index contributed by atoms with van der Waals surface area (Å²) in [5.41, 5.74) is 3.09. The molecule has 0 bridgehead atoms. The van der Waals surface area contributed by atoms with E-state index in [9.17, 15) is 4.79 Å². The van der Waals surface area contributed by atoms with Gasteiger partial charge in [0, 0.05) is 7.05 Å². The van der Waals surface area contributed by atoms with E-state index in [1.54, 1.807) is 11.9 Å². The van der Waals surface area contributed by atoms with Crippen LogP contribution in [0.3, 0.4) is 0 Å². The Kier molecular flexibility index (Phi) is 6.01. The highest BCUT2D eigenvalue weighted by Crippen LogP contribution is 2.33. The lowest BCUT2D eigenvalue weighted by Crippen LogP contribution is -2.23. The summed E-state index contributed by atoms with van der Waals surface area (Å²) in [6.45, 7) is 6.12. The molecule has 0 N–H and O–H groups in total. The Bertz CT molecular complexity index is 868. The summed E-state index contributed by atoms with van der Waals surface area (Å²) >= 11 is 1.40. The monoisotopic (exact) mass is 380 g/mol. The Morgan fingerprint density at radius 3 is 2.37 bits per heavy atom. The van der Waals surface area contributed by atoms with Crippen LogP contribution in [0, 0.1) is 0 Å². The van der Waals surface area contributed by atoms with E-state index in [1.165, 1.54) is 17.3 Å². The van der Waals surface area contributed by atoms with Crippen molar-refractivity contribution < 1.29 is 9.53 Å². The molecule has 1 aliphatic heterocycles. The van der Waals surface area contributed by atoms with Crippen molar-refractivity contribution in [2.75, 3.05) is 7.05 Å². The number of nitrogens with zero attached hydrogens (tertiary/aromatic N) is 2. The molecule has 1 amide bonds. The molecule has 1 heterocycles. The fourth-order valence-electron chi connectivity index (χ4n) is 2.63. The van der Waals surface area contributed by atoms with Crippen LogP contribution in [0.2, 0.25) is 0 Å². The van der Waals surface area contributed by atoms with Crippen molar-refractivity contribution in [3.63, 3.8) is 0 Å². The van der Waals surface area contributed by atoms with E-state index in [2.05, 4.69) is 24.0 Å². The number of carbonyl (C=O) groups is 1. The lowest BCUT2D eigenvalue weighted by molar-refractivity contribution is -0.121. The number of benzene rings is 2. The second-order valence-electron chi connectivity index (χ2n) is 6.62. The van der Waals surface area contributed by atoms with Crippen LogP contribution in [0.5, 0.6) is 5.75 Å². The van der Waals surface area contributed by atoms with Gasteiger partial charge in [-0.05, 0) is 73.5 Å². The average molecular weight is 381 g/mol. The van der Waals surface area contributed by atoms with Gasteiger partial charge in [0.1, 0.15) is 5.75 Å². The zero-order chi connectivity index (χ0) is 19.4. The molecule has 4 nitrogen and oxygen atoms in total. The van der Waals surface area contributed by atoms with Crippen LogP contribution >= 0.6 is 11.8 Å². The summed E-state index contributed by atoms with van der Waals surface area (Å²) in [7, 11) is 1.76. The molecule has 0 spiro atoms. The van der Waals surface area contributed by atoms with Gasteiger partial charge in [-0.25, -0.2) is 4.99 Å². The number of ether oxygens (including phenoxy) is 1. The second kappa shape index (κ2) is 8.44. The molecule has 1 aliphatic rings. The van der Waals surface area contributed by atoms with E-state index in [0.29, 0.717) is 10.1 Å². The van der Waals surface area contributed by atoms with E-state index >= 15 is 0 Å². The predicted octanol–water partition coefficient (Wildman–Crippen LogP) is 5.27. The van der Waals surface area contributed by atoms with Crippen LogP contribution in [0.25, 0.3) is 6.08 Å². The largest absolute Gasteiger partial charge is 0.491 e. The molecule has 2 aromatic carbocycles. The first-order valence-electron chi connectivity index (χ1n) is 9.08. The van der Waals surface area contributed by atoms with Gasteiger partial charge in [0.05, 0.1) is 16.7 Å². The van der Waals surface area contributed by atoms with Gasteiger partial charge in [0.2, 0.25) is 0 Å². The van der Waals surface area contributed by atoms with Crippen LogP contribution in [-0.4, -0.2) is 29.1 Å². The number of carbonyl (C=O) groups excluding carboxylic acids is 1. The number of likely N-dealkylation sites (N-methyl/N-ethyl adjacent to an activating group) is 1. The molecule has 0 aromatic heterocycles. The minimum Gasteiger partial charge on any atom is -0.491 e. The SMILES string of the molecule is CCc1ccc(N=C2S/C(=C/c3ccc(OC(C)C)cc3)C(=O)N2C)cc1. The molecule has 5 heteroatoms. The summed E-state index contributed by atoms with van der Waals surface area (Å²) in [6, 6.07) is 15.9. The molecule has 2 aromatic rings. The van der Waals surface area contributed by atoms with Gasteiger partial charge in [-0.3, -0.25) is 9.69 Å². The molecule has 27 heavy (non-hydrogen) atoms. The summed E-state index contributed by atoms with van der Waals surface area (Å²) in [5.74, 6) is 0.791. The minimum absolute atomic E-state index is 0.0357. The summed E-state index contributed by atoms with van der Waals surface area (Å²) in [5, 5.41) is 0.690. The third-order valence-corrected chi connectivity index (χ3v) is 5.18. The molecule has 140 valence electrons. The summed E-state index contributed by atoms with van der Waals surface area (Å²) in [4.78, 5) is 19.4. The fraction of sp³-hybridized carbons (Fsp3) is 0.273. The molecule has 0 aliphatic carbocycles.